The number of aromatic nitrogens is 5. The van der Waals surface area contributed by atoms with Gasteiger partial charge in [-0.25, -0.2) is 19.3 Å². The molecule has 0 saturated carbocycles. The molecule has 1 fully saturated rings. The molecule has 0 aliphatic carbocycles. The van der Waals surface area contributed by atoms with E-state index in [0.29, 0.717) is 36.3 Å². The fraction of sp³-hybridized carbons (Fsp3) is 0.656. The van der Waals surface area contributed by atoms with E-state index in [0.717, 1.165) is 68.9 Å². The van der Waals surface area contributed by atoms with Crippen LogP contribution in [0.2, 0.25) is 0 Å². The molecule has 0 spiro atoms. The molecular formula is C32H52N10O2. The van der Waals surface area contributed by atoms with Gasteiger partial charge < -0.3 is 30.5 Å². The highest BCUT2D eigenvalue weighted by Crippen LogP contribution is 2.26. The van der Waals surface area contributed by atoms with E-state index in [4.69, 9.17) is 20.6 Å². The third-order valence-corrected chi connectivity index (χ3v) is 8.05. The summed E-state index contributed by atoms with van der Waals surface area (Å²) in [6.07, 6.45) is 8.50. The molecule has 1 atom stereocenters. The van der Waals surface area contributed by atoms with Crippen molar-refractivity contribution in [1.29, 1.82) is 0 Å². The Hall–Kier alpha value is -3.67. The zero-order valence-corrected chi connectivity index (χ0v) is 27.9. The van der Waals surface area contributed by atoms with Crippen molar-refractivity contribution in [1.82, 2.24) is 34.4 Å². The average Bonchev–Trinajstić information content (AvgIpc) is 3.34. The lowest BCUT2D eigenvalue weighted by Gasteiger charge is -2.35. The fourth-order valence-corrected chi connectivity index (χ4v) is 5.73. The molecule has 1 saturated heterocycles. The predicted molar refractivity (Wildman–Crippen MR) is 176 cm³/mol. The summed E-state index contributed by atoms with van der Waals surface area (Å²) in [6, 6.07) is 2.47. The van der Waals surface area contributed by atoms with E-state index in [2.05, 4.69) is 59.0 Å². The number of hydrogen-bond acceptors (Lipinski definition) is 10. The predicted octanol–water partition coefficient (Wildman–Crippen LogP) is 4.62. The van der Waals surface area contributed by atoms with Gasteiger partial charge in [0, 0.05) is 58.4 Å². The monoisotopic (exact) mass is 608 g/mol. The van der Waals surface area contributed by atoms with Crippen molar-refractivity contribution in [3.8, 4) is 0 Å². The first-order valence-corrected chi connectivity index (χ1v) is 15.9. The van der Waals surface area contributed by atoms with Crippen LogP contribution in [0.25, 0.3) is 5.65 Å². The first kappa shape index (κ1) is 33.2. The van der Waals surface area contributed by atoms with E-state index in [-0.39, 0.29) is 12.1 Å². The SMILES string of the molecule is CCC[C@H](C)Nc1nc(N)c2ncc(Cc3cnc(N4CCC(CN(C)CCN(C)C(=O)OC(C)(C)C)CC4)c(C)c3)n2n1. The van der Waals surface area contributed by atoms with Gasteiger partial charge in [0.1, 0.15) is 11.4 Å². The molecule has 0 unspecified atom stereocenters. The van der Waals surface area contributed by atoms with Crippen LogP contribution in [0.1, 0.15) is 77.1 Å². The van der Waals surface area contributed by atoms with Crippen LogP contribution in [0.5, 0.6) is 0 Å². The number of carbonyl (C=O) groups excluding carboxylic acids is 1. The van der Waals surface area contributed by atoms with Gasteiger partial charge in [-0.15, -0.1) is 5.10 Å². The number of imidazole rings is 1. The maximum absolute atomic E-state index is 12.2. The summed E-state index contributed by atoms with van der Waals surface area (Å²) >= 11 is 0. The summed E-state index contributed by atoms with van der Waals surface area (Å²) in [5.41, 5.74) is 9.52. The van der Waals surface area contributed by atoms with Gasteiger partial charge in [0.05, 0.1) is 11.9 Å². The first-order chi connectivity index (χ1) is 20.8. The number of nitrogens with one attached hydrogen (secondary N) is 1. The lowest BCUT2D eigenvalue weighted by Crippen LogP contribution is -2.41. The smallest absolute Gasteiger partial charge is 0.410 e. The maximum atomic E-state index is 12.2. The van der Waals surface area contributed by atoms with Crippen molar-refractivity contribution in [2.24, 2.45) is 5.92 Å². The highest BCUT2D eigenvalue weighted by atomic mass is 16.6. The average molecular weight is 609 g/mol. The van der Waals surface area contributed by atoms with Crippen molar-refractivity contribution in [2.75, 3.05) is 62.8 Å². The molecule has 3 aromatic rings. The highest BCUT2D eigenvalue weighted by Gasteiger charge is 2.24. The van der Waals surface area contributed by atoms with Crippen LogP contribution in [0, 0.1) is 12.8 Å². The second-order valence-corrected chi connectivity index (χ2v) is 13.4. The van der Waals surface area contributed by atoms with E-state index in [1.165, 1.54) is 5.56 Å². The number of aryl methyl sites for hydroxylation is 1. The van der Waals surface area contributed by atoms with E-state index in [1.807, 2.05) is 33.2 Å². The Morgan fingerprint density at radius 3 is 2.57 bits per heavy atom. The minimum absolute atomic E-state index is 0.257. The number of nitrogens with zero attached hydrogens (tertiary/aromatic N) is 8. The standard InChI is InChI=1S/C32H52N10O2/c1-9-10-23(3)36-30-37-27(33)29-35-20-26(42(29)38-30)18-25-17-22(2)28(34-19-25)41-13-11-24(12-14-41)21-39(7)15-16-40(8)31(43)44-32(4,5)6/h17,19-20,23-24H,9-16,18,21H2,1-8H3,(H3,33,36,37,38)/t23-/m0/s1. The van der Waals surface area contributed by atoms with Crippen LogP contribution in [0.15, 0.2) is 18.5 Å². The molecule has 1 amide bonds. The number of rotatable bonds is 12. The van der Waals surface area contributed by atoms with Crippen LogP contribution in [-0.2, 0) is 11.2 Å². The van der Waals surface area contributed by atoms with E-state index >= 15 is 0 Å². The molecule has 12 heteroatoms. The topological polar surface area (TPSA) is 130 Å². The van der Waals surface area contributed by atoms with Crippen LogP contribution in [0.3, 0.4) is 0 Å². The van der Waals surface area contributed by atoms with E-state index in [9.17, 15) is 4.79 Å². The van der Waals surface area contributed by atoms with Gasteiger partial charge >= 0.3 is 6.09 Å². The Morgan fingerprint density at radius 2 is 1.91 bits per heavy atom. The number of anilines is 3. The Kier molecular flexibility index (Phi) is 10.9. The molecule has 242 valence electrons. The van der Waals surface area contributed by atoms with Gasteiger partial charge in [0.2, 0.25) is 5.95 Å². The van der Waals surface area contributed by atoms with Gasteiger partial charge in [0.15, 0.2) is 11.5 Å². The van der Waals surface area contributed by atoms with Crippen molar-refractivity contribution in [3.05, 3.63) is 35.3 Å². The lowest BCUT2D eigenvalue weighted by molar-refractivity contribution is 0.0285. The maximum Gasteiger partial charge on any atom is 0.410 e. The molecule has 4 heterocycles. The number of piperidine rings is 1. The summed E-state index contributed by atoms with van der Waals surface area (Å²) in [6.45, 7) is 16.5. The number of hydrogen-bond donors (Lipinski definition) is 2. The fourth-order valence-electron chi connectivity index (χ4n) is 5.73. The first-order valence-electron chi connectivity index (χ1n) is 15.9. The van der Waals surface area contributed by atoms with Crippen molar-refractivity contribution < 1.29 is 9.53 Å². The second kappa shape index (κ2) is 14.4. The van der Waals surface area contributed by atoms with Crippen LogP contribution < -0.4 is 16.0 Å². The summed E-state index contributed by atoms with van der Waals surface area (Å²) in [5.74, 6) is 2.56. The number of fused-ring (bicyclic) bond motifs is 1. The molecule has 44 heavy (non-hydrogen) atoms. The zero-order valence-electron chi connectivity index (χ0n) is 27.9. The van der Waals surface area contributed by atoms with Crippen molar-refractivity contribution >= 4 is 29.3 Å². The number of nitrogens with two attached hydrogens (primary N) is 1. The molecule has 12 nitrogen and oxygen atoms in total. The molecule has 0 bridgehead atoms. The molecule has 1 aliphatic rings. The highest BCUT2D eigenvalue weighted by molar-refractivity contribution is 5.67. The van der Waals surface area contributed by atoms with Crippen molar-refractivity contribution in [2.45, 2.75) is 85.3 Å². The zero-order chi connectivity index (χ0) is 32.0. The third-order valence-electron chi connectivity index (χ3n) is 8.05. The number of amides is 1. The molecule has 1 aliphatic heterocycles. The summed E-state index contributed by atoms with van der Waals surface area (Å²) in [4.78, 5) is 32.4. The summed E-state index contributed by atoms with van der Waals surface area (Å²) in [5, 5.41) is 8.05. The van der Waals surface area contributed by atoms with Crippen LogP contribution in [0.4, 0.5) is 22.4 Å². The number of likely N-dealkylation sites (N-methyl/N-ethyl adjacent to an activating group) is 2. The van der Waals surface area contributed by atoms with Gasteiger partial charge in [-0.2, -0.15) is 4.98 Å². The summed E-state index contributed by atoms with van der Waals surface area (Å²) < 4.78 is 7.26. The van der Waals surface area contributed by atoms with Gasteiger partial charge in [-0.1, -0.05) is 19.4 Å². The van der Waals surface area contributed by atoms with Gasteiger partial charge in [0.25, 0.3) is 0 Å². The molecule has 0 radical (unpaired) electrons. The number of pyridine rings is 1. The minimum atomic E-state index is -0.479. The van der Waals surface area contributed by atoms with E-state index in [1.54, 1.807) is 16.5 Å². The Morgan fingerprint density at radius 1 is 1.18 bits per heavy atom. The minimum Gasteiger partial charge on any atom is -0.444 e. The van der Waals surface area contributed by atoms with Crippen LogP contribution >= 0.6 is 0 Å². The third kappa shape index (κ3) is 8.93. The number of carbonyl (C=O) groups is 1. The van der Waals surface area contributed by atoms with Gasteiger partial charge in [-0.3, -0.25) is 0 Å². The van der Waals surface area contributed by atoms with Crippen molar-refractivity contribution in [3.63, 3.8) is 0 Å². The Balaban J connectivity index is 1.30. The molecule has 0 aromatic carbocycles. The van der Waals surface area contributed by atoms with Crippen LogP contribution in [-0.4, -0.2) is 98.9 Å². The van der Waals surface area contributed by atoms with Gasteiger partial charge in [-0.05, 0) is 78.0 Å². The van der Waals surface area contributed by atoms with E-state index < -0.39 is 5.60 Å². The number of nitrogen functional groups attached to an aromatic ring is 1. The Bertz CT molecular complexity index is 1390. The molecular weight excluding hydrogens is 556 g/mol. The molecule has 3 aromatic heterocycles. The quantitative estimate of drug-likeness (QED) is 0.300. The normalized spacial score (nSPS) is 15.2. The largest absolute Gasteiger partial charge is 0.444 e. The summed E-state index contributed by atoms with van der Waals surface area (Å²) in [7, 11) is 3.93. The number of ether oxygens (including phenoxy) is 1. The Labute approximate surface area is 262 Å². The molecule has 4 rings (SSSR count). The second-order valence-electron chi connectivity index (χ2n) is 13.4. The molecule has 3 N–H and O–H groups in total. The lowest BCUT2D eigenvalue weighted by atomic mass is 9.96.